The smallest absolute Gasteiger partial charge is 0.255 e. The lowest BCUT2D eigenvalue weighted by atomic mass is 10.0. The third-order valence-electron chi connectivity index (χ3n) is 4.60. The number of phenols is 1. The summed E-state index contributed by atoms with van der Waals surface area (Å²) in [5, 5.41) is 13.6. The number of aryl methyl sites for hydroxylation is 1. The van der Waals surface area contributed by atoms with Gasteiger partial charge in [0, 0.05) is 24.7 Å². The van der Waals surface area contributed by atoms with Gasteiger partial charge in [-0.3, -0.25) is 9.69 Å². The number of rotatable bonds is 5. The molecule has 2 aromatic carbocycles. The molecule has 1 atom stereocenters. The number of benzene rings is 2. The molecule has 138 valence electrons. The molecule has 26 heavy (non-hydrogen) atoms. The molecule has 5 nitrogen and oxygen atoms in total. The SMILES string of the molecule is Cc1ccc(C(=O)NCC(c2ccccc2Cl)N2CCOCC2)c(O)c1. The molecule has 0 aliphatic carbocycles. The summed E-state index contributed by atoms with van der Waals surface area (Å²) in [6, 6.07) is 12.7. The van der Waals surface area contributed by atoms with E-state index in [-0.39, 0.29) is 23.3 Å². The van der Waals surface area contributed by atoms with Crippen molar-refractivity contribution in [2.24, 2.45) is 0 Å². The highest BCUT2D eigenvalue weighted by atomic mass is 35.5. The standard InChI is InChI=1S/C20H23ClN2O3/c1-14-6-7-16(19(24)12-14)20(25)22-13-18(23-8-10-26-11-9-23)15-4-2-3-5-17(15)21/h2-7,12,18,24H,8-11,13H2,1H3,(H,22,25). The molecule has 0 saturated carbocycles. The third-order valence-corrected chi connectivity index (χ3v) is 4.95. The monoisotopic (exact) mass is 374 g/mol. The van der Waals surface area contributed by atoms with Crippen LogP contribution < -0.4 is 5.32 Å². The highest BCUT2D eigenvalue weighted by Crippen LogP contribution is 2.28. The van der Waals surface area contributed by atoms with E-state index in [2.05, 4.69) is 10.2 Å². The van der Waals surface area contributed by atoms with Crippen LogP contribution in [-0.4, -0.2) is 48.8 Å². The first-order valence-corrected chi connectivity index (χ1v) is 9.08. The average Bonchev–Trinajstić information content (AvgIpc) is 2.64. The van der Waals surface area contributed by atoms with Crippen LogP contribution in [0.1, 0.15) is 27.5 Å². The highest BCUT2D eigenvalue weighted by molar-refractivity contribution is 6.31. The van der Waals surface area contributed by atoms with Crippen LogP contribution >= 0.6 is 11.6 Å². The van der Waals surface area contributed by atoms with E-state index in [1.165, 1.54) is 0 Å². The summed E-state index contributed by atoms with van der Waals surface area (Å²) in [5.41, 5.74) is 2.15. The highest BCUT2D eigenvalue weighted by Gasteiger charge is 2.25. The number of nitrogens with one attached hydrogen (secondary N) is 1. The molecule has 0 bridgehead atoms. The van der Waals surface area contributed by atoms with Crippen molar-refractivity contribution in [3.05, 3.63) is 64.2 Å². The molecule has 1 aliphatic rings. The molecule has 1 heterocycles. The first kappa shape index (κ1) is 18.7. The fourth-order valence-electron chi connectivity index (χ4n) is 3.19. The molecule has 1 amide bonds. The van der Waals surface area contributed by atoms with Crippen LogP contribution in [0.15, 0.2) is 42.5 Å². The summed E-state index contributed by atoms with van der Waals surface area (Å²) < 4.78 is 5.44. The number of carbonyl (C=O) groups excluding carboxylic acids is 1. The van der Waals surface area contributed by atoms with Crippen molar-refractivity contribution in [1.29, 1.82) is 0 Å². The number of phenolic OH excluding ortho intramolecular Hbond substituents is 1. The van der Waals surface area contributed by atoms with Crippen molar-refractivity contribution in [3.63, 3.8) is 0 Å². The van der Waals surface area contributed by atoms with Gasteiger partial charge in [0.1, 0.15) is 5.75 Å². The second-order valence-corrected chi connectivity index (χ2v) is 6.82. The fourth-order valence-corrected chi connectivity index (χ4v) is 3.45. The summed E-state index contributed by atoms with van der Waals surface area (Å²) >= 11 is 6.40. The van der Waals surface area contributed by atoms with Crippen LogP contribution in [0.5, 0.6) is 5.75 Å². The minimum atomic E-state index is -0.298. The van der Waals surface area contributed by atoms with Gasteiger partial charge in [0.2, 0.25) is 0 Å². The second-order valence-electron chi connectivity index (χ2n) is 6.42. The zero-order chi connectivity index (χ0) is 18.5. The average molecular weight is 375 g/mol. The molecule has 6 heteroatoms. The maximum Gasteiger partial charge on any atom is 0.255 e. The van der Waals surface area contributed by atoms with Gasteiger partial charge in [-0.15, -0.1) is 0 Å². The third kappa shape index (κ3) is 4.36. The topological polar surface area (TPSA) is 61.8 Å². The Morgan fingerprint density at radius 3 is 2.69 bits per heavy atom. The number of nitrogens with zero attached hydrogens (tertiary/aromatic N) is 1. The van der Waals surface area contributed by atoms with Gasteiger partial charge in [0.05, 0.1) is 24.8 Å². The van der Waals surface area contributed by atoms with Gasteiger partial charge < -0.3 is 15.2 Å². The Labute approximate surface area is 158 Å². The van der Waals surface area contributed by atoms with Crippen molar-refractivity contribution in [2.45, 2.75) is 13.0 Å². The van der Waals surface area contributed by atoms with E-state index >= 15 is 0 Å². The number of aromatic hydroxyl groups is 1. The van der Waals surface area contributed by atoms with E-state index in [0.717, 1.165) is 24.2 Å². The van der Waals surface area contributed by atoms with Crippen molar-refractivity contribution >= 4 is 17.5 Å². The van der Waals surface area contributed by atoms with Crippen molar-refractivity contribution in [1.82, 2.24) is 10.2 Å². The van der Waals surface area contributed by atoms with Crippen LogP contribution in [0, 0.1) is 6.92 Å². The Balaban J connectivity index is 1.77. The number of amides is 1. The van der Waals surface area contributed by atoms with Crippen molar-refractivity contribution < 1.29 is 14.6 Å². The number of halogens is 1. The quantitative estimate of drug-likeness (QED) is 0.844. The van der Waals surface area contributed by atoms with Gasteiger partial charge in [-0.05, 0) is 36.2 Å². The largest absolute Gasteiger partial charge is 0.507 e. The Morgan fingerprint density at radius 1 is 1.27 bits per heavy atom. The van der Waals surface area contributed by atoms with E-state index in [4.69, 9.17) is 16.3 Å². The maximum absolute atomic E-state index is 12.5. The molecule has 1 fully saturated rings. The van der Waals surface area contributed by atoms with Crippen LogP contribution in [-0.2, 0) is 4.74 Å². The number of carbonyl (C=O) groups is 1. The van der Waals surface area contributed by atoms with Gasteiger partial charge in [-0.1, -0.05) is 35.9 Å². The Hall–Kier alpha value is -2.08. The Kier molecular flexibility index (Phi) is 6.14. The fraction of sp³-hybridized carbons (Fsp3) is 0.350. The number of hydrogen-bond donors (Lipinski definition) is 2. The van der Waals surface area contributed by atoms with E-state index in [1.807, 2.05) is 37.3 Å². The molecule has 3 rings (SSSR count). The second kappa shape index (κ2) is 8.54. The summed E-state index contributed by atoms with van der Waals surface area (Å²) in [7, 11) is 0. The summed E-state index contributed by atoms with van der Waals surface area (Å²) in [6.45, 7) is 5.15. The zero-order valence-corrected chi connectivity index (χ0v) is 15.5. The minimum absolute atomic E-state index is 0.0110. The van der Waals surface area contributed by atoms with Crippen molar-refractivity contribution in [2.75, 3.05) is 32.8 Å². The van der Waals surface area contributed by atoms with Gasteiger partial charge in [0.25, 0.3) is 5.91 Å². The molecule has 0 radical (unpaired) electrons. The van der Waals surface area contributed by atoms with E-state index < -0.39 is 0 Å². The van der Waals surface area contributed by atoms with Crippen LogP contribution in [0.2, 0.25) is 5.02 Å². The van der Waals surface area contributed by atoms with Gasteiger partial charge in [0.15, 0.2) is 0 Å². The van der Waals surface area contributed by atoms with Gasteiger partial charge in [-0.25, -0.2) is 0 Å². The predicted molar refractivity (Wildman–Crippen MR) is 102 cm³/mol. The minimum Gasteiger partial charge on any atom is -0.507 e. The predicted octanol–water partition coefficient (Wildman–Crippen LogP) is 3.16. The van der Waals surface area contributed by atoms with E-state index in [9.17, 15) is 9.90 Å². The summed E-state index contributed by atoms with van der Waals surface area (Å²) in [5.74, 6) is -0.309. The number of morpholine rings is 1. The van der Waals surface area contributed by atoms with E-state index in [1.54, 1.807) is 12.1 Å². The molecule has 1 aliphatic heterocycles. The van der Waals surface area contributed by atoms with Crippen molar-refractivity contribution in [3.8, 4) is 5.75 Å². The molecule has 1 saturated heterocycles. The summed E-state index contributed by atoms with van der Waals surface area (Å²) in [6.07, 6.45) is 0. The normalized spacial score (nSPS) is 16.2. The summed E-state index contributed by atoms with van der Waals surface area (Å²) in [4.78, 5) is 14.8. The lowest BCUT2D eigenvalue weighted by molar-refractivity contribution is 0.0162. The van der Waals surface area contributed by atoms with Gasteiger partial charge in [-0.2, -0.15) is 0 Å². The van der Waals surface area contributed by atoms with Gasteiger partial charge >= 0.3 is 0 Å². The Bertz CT molecular complexity index is 775. The van der Waals surface area contributed by atoms with Crippen LogP contribution in [0.4, 0.5) is 0 Å². The van der Waals surface area contributed by atoms with Crippen LogP contribution in [0.3, 0.4) is 0 Å². The van der Waals surface area contributed by atoms with Crippen LogP contribution in [0.25, 0.3) is 0 Å². The molecule has 0 spiro atoms. The molecule has 1 unspecified atom stereocenters. The zero-order valence-electron chi connectivity index (χ0n) is 14.7. The first-order valence-electron chi connectivity index (χ1n) is 8.70. The molecular formula is C20H23ClN2O3. The maximum atomic E-state index is 12.5. The first-order chi connectivity index (χ1) is 12.6. The molecule has 2 aromatic rings. The van der Waals surface area contributed by atoms with E-state index in [0.29, 0.717) is 24.8 Å². The lowest BCUT2D eigenvalue weighted by Crippen LogP contribution is -2.44. The lowest BCUT2D eigenvalue weighted by Gasteiger charge is -2.35. The number of hydrogen-bond acceptors (Lipinski definition) is 4. The Morgan fingerprint density at radius 2 is 2.00 bits per heavy atom. The molecule has 0 aromatic heterocycles. The number of ether oxygens (including phenoxy) is 1. The molecule has 2 N–H and O–H groups in total. The molecular weight excluding hydrogens is 352 g/mol.